The molecule has 0 unspecified atom stereocenters. The van der Waals surface area contributed by atoms with Crippen LogP contribution in [0.4, 0.5) is 26.3 Å². The van der Waals surface area contributed by atoms with E-state index in [0.717, 1.165) is 0 Å². The molecule has 0 fully saturated rings. The number of hydrogen-bond donors (Lipinski definition) is 0. The Labute approximate surface area is 128 Å². The van der Waals surface area contributed by atoms with E-state index in [-0.39, 0.29) is 0 Å². The minimum absolute atomic E-state index is 0.578. The van der Waals surface area contributed by atoms with Gasteiger partial charge in [0.1, 0.15) is 10.0 Å². The Bertz CT molecular complexity index is 520. The maximum absolute atomic E-state index is 12.1. The maximum atomic E-state index is 12.1. The Balaban J connectivity index is 3.04. The first-order valence-electron chi connectivity index (χ1n) is 4.84. The molecule has 0 atom stereocenters. The van der Waals surface area contributed by atoms with Gasteiger partial charge in [0.2, 0.25) is 5.88 Å². The van der Waals surface area contributed by atoms with Crippen LogP contribution in [0.2, 0.25) is 15.2 Å². The Morgan fingerprint density at radius 3 is 1.76 bits per heavy atom. The third kappa shape index (κ3) is 5.84. The van der Waals surface area contributed by atoms with Crippen molar-refractivity contribution < 1.29 is 35.8 Å². The maximum Gasteiger partial charge on any atom is 0.422 e. The molecule has 0 aliphatic carbocycles. The highest BCUT2D eigenvalue weighted by molar-refractivity contribution is 6.44. The molecule has 12 heteroatoms. The molecule has 0 aromatic carbocycles. The molecule has 0 aliphatic heterocycles. The second kappa shape index (κ2) is 6.53. The zero-order chi connectivity index (χ0) is 16.4. The Morgan fingerprint density at radius 2 is 1.29 bits per heavy atom. The van der Waals surface area contributed by atoms with Crippen molar-refractivity contribution in [1.82, 2.24) is 4.98 Å². The lowest BCUT2D eigenvalue weighted by atomic mass is 10.4. The van der Waals surface area contributed by atoms with Crippen LogP contribution in [0, 0.1) is 0 Å². The Kier molecular flexibility index (Phi) is 5.68. The van der Waals surface area contributed by atoms with Crippen LogP contribution in [0.15, 0.2) is 0 Å². The lowest BCUT2D eigenvalue weighted by molar-refractivity contribution is -0.154. The van der Waals surface area contributed by atoms with E-state index in [1.54, 1.807) is 0 Å². The zero-order valence-electron chi connectivity index (χ0n) is 9.58. The highest BCUT2D eigenvalue weighted by Crippen LogP contribution is 2.43. The molecular formula is C9H4Cl3F6NO2. The first-order valence-corrected chi connectivity index (χ1v) is 5.97. The molecule has 0 amide bonds. The van der Waals surface area contributed by atoms with Crippen LogP contribution in [-0.4, -0.2) is 30.6 Å². The lowest BCUT2D eigenvalue weighted by Gasteiger charge is -2.15. The first kappa shape index (κ1) is 18.2. The zero-order valence-corrected chi connectivity index (χ0v) is 11.8. The van der Waals surface area contributed by atoms with Gasteiger partial charge in [-0.2, -0.15) is 31.3 Å². The van der Waals surface area contributed by atoms with E-state index in [1.165, 1.54) is 0 Å². The molecule has 0 spiro atoms. The minimum Gasteiger partial charge on any atom is -0.481 e. The number of rotatable bonds is 4. The van der Waals surface area contributed by atoms with Gasteiger partial charge in [-0.05, 0) is 0 Å². The smallest absolute Gasteiger partial charge is 0.422 e. The van der Waals surface area contributed by atoms with Gasteiger partial charge in [-0.15, -0.1) is 0 Å². The SMILES string of the molecule is FC(F)(F)COc1nc(Cl)c(Cl)c(OCC(F)(F)F)c1Cl. The lowest BCUT2D eigenvalue weighted by Crippen LogP contribution is -2.21. The fourth-order valence-electron chi connectivity index (χ4n) is 1.00. The van der Waals surface area contributed by atoms with Gasteiger partial charge in [0, 0.05) is 0 Å². The molecule has 21 heavy (non-hydrogen) atoms. The Hall–Kier alpha value is -0.800. The van der Waals surface area contributed by atoms with Gasteiger partial charge in [0.25, 0.3) is 0 Å². The molecule has 0 saturated carbocycles. The second-order valence-corrected chi connectivity index (χ2v) is 4.59. The number of pyridine rings is 1. The van der Waals surface area contributed by atoms with E-state index in [1.807, 2.05) is 0 Å². The summed E-state index contributed by atoms with van der Waals surface area (Å²) in [6.45, 7) is -3.54. The van der Waals surface area contributed by atoms with Crippen LogP contribution in [0.5, 0.6) is 11.6 Å². The van der Waals surface area contributed by atoms with Gasteiger partial charge in [0.15, 0.2) is 24.1 Å². The van der Waals surface area contributed by atoms with Crippen molar-refractivity contribution in [2.45, 2.75) is 12.4 Å². The van der Waals surface area contributed by atoms with Crippen LogP contribution in [0.1, 0.15) is 0 Å². The molecule has 0 N–H and O–H groups in total. The van der Waals surface area contributed by atoms with Crippen LogP contribution in [-0.2, 0) is 0 Å². The minimum atomic E-state index is -4.71. The van der Waals surface area contributed by atoms with Gasteiger partial charge in [-0.3, -0.25) is 0 Å². The third-order valence-corrected chi connectivity index (χ3v) is 2.77. The van der Waals surface area contributed by atoms with E-state index in [2.05, 4.69) is 14.5 Å². The molecule has 0 saturated heterocycles. The second-order valence-electron chi connectivity index (χ2n) is 3.47. The molecule has 0 radical (unpaired) electrons. The predicted molar refractivity (Wildman–Crippen MR) is 62.4 cm³/mol. The standard InChI is InChI=1S/C9H4Cl3F6NO2/c10-3-5(20-1-8(13,14)15)4(11)7(19-6(3)12)21-2-9(16,17)18/h1-2H2. The summed E-state index contributed by atoms with van der Waals surface area (Å²) in [6.07, 6.45) is -9.42. The quantitative estimate of drug-likeness (QED) is 0.550. The fourth-order valence-corrected chi connectivity index (χ4v) is 1.65. The van der Waals surface area contributed by atoms with Crippen molar-refractivity contribution in [3.63, 3.8) is 0 Å². The largest absolute Gasteiger partial charge is 0.481 e. The summed E-state index contributed by atoms with van der Waals surface area (Å²) in [6, 6.07) is 0. The number of ether oxygens (including phenoxy) is 2. The van der Waals surface area contributed by atoms with Gasteiger partial charge < -0.3 is 9.47 Å². The third-order valence-electron chi connectivity index (χ3n) is 1.72. The highest BCUT2D eigenvalue weighted by atomic mass is 35.5. The van der Waals surface area contributed by atoms with Crippen LogP contribution in [0.25, 0.3) is 0 Å². The summed E-state index contributed by atoms with van der Waals surface area (Å²) in [7, 11) is 0. The van der Waals surface area contributed by atoms with Crippen molar-refractivity contribution in [2.75, 3.05) is 13.2 Å². The number of halogens is 9. The average Bonchev–Trinajstić information content (AvgIpc) is 2.29. The summed E-state index contributed by atoms with van der Waals surface area (Å²) in [5, 5.41) is -1.95. The Morgan fingerprint density at radius 1 is 0.810 bits per heavy atom. The van der Waals surface area contributed by atoms with E-state index in [9.17, 15) is 26.3 Å². The van der Waals surface area contributed by atoms with Crippen LogP contribution >= 0.6 is 34.8 Å². The average molecular weight is 378 g/mol. The molecule has 0 aliphatic rings. The number of alkyl halides is 6. The summed E-state index contributed by atoms with van der Waals surface area (Å²) >= 11 is 16.6. The first-order chi connectivity index (χ1) is 9.41. The van der Waals surface area contributed by atoms with E-state index in [0.29, 0.717) is 0 Å². The molecule has 1 heterocycles. The molecule has 1 aromatic heterocycles. The predicted octanol–water partition coefficient (Wildman–Crippen LogP) is 4.92. The molecule has 120 valence electrons. The number of hydrogen-bond acceptors (Lipinski definition) is 3. The van der Waals surface area contributed by atoms with Crippen molar-refractivity contribution in [2.24, 2.45) is 0 Å². The van der Waals surface area contributed by atoms with Crippen LogP contribution < -0.4 is 9.47 Å². The number of nitrogens with zero attached hydrogens (tertiary/aromatic N) is 1. The van der Waals surface area contributed by atoms with E-state index in [4.69, 9.17) is 34.8 Å². The van der Waals surface area contributed by atoms with E-state index >= 15 is 0 Å². The molecule has 1 rings (SSSR count). The van der Waals surface area contributed by atoms with Gasteiger partial charge in [-0.25, -0.2) is 0 Å². The van der Waals surface area contributed by atoms with Crippen LogP contribution in [0.3, 0.4) is 0 Å². The molecule has 1 aromatic rings. The van der Waals surface area contributed by atoms with Gasteiger partial charge >= 0.3 is 12.4 Å². The topological polar surface area (TPSA) is 31.4 Å². The molecule has 0 bridgehead atoms. The van der Waals surface area contributed by atoms with E-state index < -0.39 is 52.4 Å². The van der Waals surface area contributed by atoms with Crippen molar-refractivity contribution in [1.29, 1.82) is 0 Å². The molecular weight excluding hydrogens is 374 g/mol. The van der Waals surface area contributed by atoms with Crippen molar-refractivity contribution >= 4 is 34.8 Å². The summed E-state index contributed by atoms with van der Waals surface area (Å²) < 4.78 is 80.8. The number of aromatic nitrogens is 1. The normalized spacial score (nSPS) is 12.4. The summed E-state index contributed by atoms with van der Waals surface area (Å²) in [5.41, 5.74) is 0. The fraction of sp³-hybridized carbons (Fsp3) is 0.444. The summed E-state index contributed by atoms with van der Waals surface area (Å²) in [4.78, 5) is 3.30. The monoisotopic (exact) mass is 377 g/mol. The summed E-state index contributed by atoms with van der Waals surface area (Å²) in [5.74, 6) is -1.62. The van der Waals surface area contributed by atoms with Gasteiger partial charge in [-0.1, -0.05) is 34.8 Å². The molecule has 3 nitrogen and oxygen atoms in total. The highest BCUT2D eigenvalue weighted by Gasteiger charge is 2.32. The van der Waals surface area contributed by atoms with Gasteiger partial charge in [0.05, 0.1) is 0 Å². The van der Waals surface area contributed by atoms with Crippen molar-refractivity contribution in [3.8, 4) is 11.6 Å². The van der Waals surface area contributed by atoms with Crippen molar-refractivity contribution in [3.05, 3.63) is 15.2 Å².